The number of aromatic nitrogens is 1. The molecule has 0 atom stereocenters. The Labute approximate surface area is 145 Å². The molecule has 0 saturated heterocycles. The summed E-state index contributed by atoms with van der Waals surface area (Å²) in [5.74, 6) is -0.312. The zero-order valence-corrected chi connectivity index (χ0v) is 14.2. The molecule has 0 radical (unpaired) electrons. The van der Waals surface area contributed by atoms with E-state index >= 15 is 0 Å². The number of aliphatic hydroxyl groups excluding tert-OH is 1. The van der Waals surface area contributed by atoms with Crippen LogP contribution in [0.15, 0.2) is 41.2 Å². The molecule has 1 aromatic heterocycles. The molecule has 0 aliphatic carbocycles. The van der Waals surface area contributed by atoms with Gasteiger partial charge in [-0.25, -0.2) is 0 Å². The van der Waals surface area contributed by atoms with Crippen LogP contribution in [0.4, 0.5) is 0 Å². The smallest absolute Gasteiger partial charge is 0.278 e. The van der Waals surface area contributed by atoms with E-state index in [1.807, 2.05) is 44.2 Å². The summed E-state index contributed by atoms with van der Waals surface area (Å²) in [6, 6.07) is 10.7. The number of carbonyl (C=O) groups is 1. The van der Waals surface area contributed by atoms with E-state index in [-0.39, 0.29) is 43.3 Å². The minimum Gasteiger partial charge on any atom is -0.482 e. The van der Waals surface area contributed by atoms with Crippen LogP contribution in [0, 0.1) is 0 Å². The SMILES string of the molecule is CC(C)N1CNn2c(CO)cc(=O)c(OCc3ccccc3)c2C1=O. The van der Waals surface area contributed by atoms with Gasteiger partial charge in [0.2, 0.25) is 5.43 Å². The topological polar surface area (TPSA) is 83.8 Å². The van der Waals surface area contributed by atoms with Gasteiger partial charge in [-0.1, -0.05) is 30.3 Å². The van der Waals surface area contributed by atoms with Crippen LogP contribution in [0.3, 0.4) is 0 Å². The minimum absolute atomic E-state index is 0.0103. The maximum absolute atomic E-state index is 12.9. The van der Waals surface area contributed by atoms with Crippen LogP contribution in [0.25, 0.3) is 0 Å². The first kappa shape index (κ1) is 17.0. The fourth-order valence-electron chi connectivity index (χ4n) is 2.77. The van der Waals surface area contributed by atoms with Crippen molar-refractivity contribution in [2.75, 3.05) is 12.1 Å². The number of nitrogens with zero attached hydrogens (tertiary/aromatic N) is 2. The first-order valence-electron chi connectivity index (χ1n) is 8.14. The first-order chi connectivity index (χ1) is 12.0. The summed E-state index contributed by atoms with van der Waals surface area (Å²) >= 11 is 0. The molecule has 25 heavy (non-hydrogen) atoms. The maximum Gasteiger partial charge on any atom is 0.278 e. The normalized spacial score (nSPS) is 13.6. The summed E-state index contributed by atoms with van der Waals surface area (Å²) < 4.78 is 7.16. The second-order valence-corrected chi connectivity index (χ2v) is 6.13. The van der Waals surface area contributed by atoms with Crippen molar-refractivity contribution in [2.24, 2.45) is 0 Å². The molecule has 2 aromatic rings. The molecular weight excluding hydrogens is 322 g/mol. The lowest BCUT2D eigenvalue weighted by molar-refractivity contribution is 0.0664. The van der Waals surface area contributed by atoms with Gasteiger partial charge >= 0.3 is 0 Å². The van der Waals surface area contributed by atoms with Gasteiger partial charge < -0.3 is 20.2 Å². The molecule has 2 heterocycles. The average Bonchev–Trinajstić information content (AvgIpc) is 2.61. The molecule has 1 aromatic carbocycles. The van der Waals surface area contributed by atoms with Crippen molar-refractivity contribution in [1.82, 2.24) is 9.58 Å². The summed E-state index contributed by atoms with van der Waals surface area (Å²) in [7, 11) is 0. The molecule has 0 unspecified atom stereocenters. The van der Waals surface area contributed by atoms with Crippen molar-refractivity contribution in [3.05, 3.63) is 63.6 Å². The Morgan fingerprint density at radius 3 is 2.60 bits per heavy atom. The van der Waals surface area contributed by atoms with Gasteiger partial charge in [0.15, 0.2) is 11.4 Å². The van der Waals surface area contributed by atoms with E-state index in [1.165, 1.54) is 10.7 Å². The number of rotatable bonds is 5. The predicted octanol–water partition coefficient (Wildman–Crippen LogP) is 1.28. The second kappa shape index (κ2) is 6.98. The van der Waals surface area contributed by atoms with Gasteiger partial charge in [0.1, 0.15) is 13.3 Å². The number of fused-ring (bicyclic) bond motifs is 1. The molecule has 7 heteroatoms. The Bertz CT molecular complexity index is 830. The first-order valence-corrected chi connectivity index (χ1v) is 8.14. The second-order valence-electron chi connectivity index (χ2n) is 6.13. The zero-order valence-electron chi connectivity index (χ0n) is 14.2. The molecule has 3 rings (SSSR count). The van der Waals surface area contributed by atoms with Crippen molar-refractivity contribution >= 4 is 5.91 Å². The Balaban J connectivity index is 2.03. The Hall–Kier alpha value is -2.80. The van der Waals surface area contributed by atoms with Crippen molar-refractivity contribution in [1.29, 1.82) is 0 Å². The average molecular weight is 343 g/mol. The van der Waals surface area contributed by atoms with Crippen LogP contribution >= 0.6 is 0 Å². The number of aliphatic hydroxyl groups is 1. The monoisotopic (exact) mass is 343 g/mol. The van der Waals surface area contributed by atoms with E-state index in [4.69, 9.17) is 4.74 Å². The van der Waals surface area contributed by atoms with Crippen LogP contribution in [0.5, 0.6) is 5.75 Å². The number of nitrogens with one attached hydrogen (secondary N) is 1. The Morgan fingerprint density at radius 1 is 1.24 bits per heavy atom. The summed E-state index contributed by atoms with van der Waals surface area (Å²) in [5.41, 5.74) is 3.96. The lowest BCUT2D eigenvalue weighted by atomic mass is 10.2. The third-order valence-electron chi connectivity index (χ3n) is 4.12. The van der Waals surface area contributed by atoms with Gasteiger partial charge in [-0.15, -0.1) is 0 Å². The van der Waals surface area contributed by atoms with Crippen LogP contribution in [-0.2, 0) is 13.2 Å². The molecule has 0 fully saturated rings. The number of benzene rings is 1. The van der Waals surface area contributed by atoms with Crippen molar-refractivity contribution in [3.8, 4) is 5.75 Å². The molecule has 1 amide bonds. The van der Waals surface area contributed by atoms with Gasteiger partial charge in [-0.2, -0.15) is 0 Å². The number of pyridine rings is 1. The summed E-state index contributed by atoms with van der Waals surface area (Å²) in [6.45, 7) is 3.90. The molecule has 7 nitrogen and oxygen atoms in total. The summed E-state index contributed by atoms with van der Waals surface area (Å²) in [4.78, 5) is 26.9. The van der Waals surface area contributed by atoms with Crippen molar-refractivity contribution < 1.29 is 14.6 Å². The van der Waals surface area contributed by atoms with Crippen LogP contribution in [0.2, 0.25) is 0 Å². The highest BCUT2D eigenvalue weighted by atomic mass is 16.5. The molecule has 132 valence electrons. The molecule has 1 aliphatic heterocycles. The molecule has 0 spiro atoms. The fraction of sp³-hybridized carbons (Fsp3) is 0.333. The zero-order chi connectivity index (χ0) is 18.0. The molecule has 1 aliphatic rings. The van der Waals surface area contributed by atoms with Crippen LogP contribution < -0.4 is 15.6 Å². The number of amides is 1. The van der Waals surface area contributed by atoms with Crippen molar-refractivity contribution in [2.45, 2.75) is 33.1 Å². The standard InChI is InChI=1S/C18H21N3O4/c1-12(2)20-11-19-21-14(9-22)8-15(23)17(16(21)18(20)24)25-10-13-6-4-3-5-7-13/h3-8,12,19,22H,9-11H2,1-2H3. The fourth-order valence-corrected chi connectivity index (χ4v) is 2.77. The van der Waals surface area contributed by atoms with Gasteiger partial charge in [0.25, 0.3) is 5.91 Å². The minimum atomic E-state index is -0.424. The number of carbonyl (C=O) groups excluding carboxylic acids is 1. The Morgan fingerprint density at radius 2 is 1.96 bits per heavy atom. The quantitative estimate of drug-likeness (QED) is 0.855. The van der Waals surface area contributed by atoms with E-state index in [2.05, 4.69) is 5.43 Å². The number of hydrogen-bond acceptors (Lipinski definition) is 5. The highest BCUT2D eigenvalue weighted by Gasteiger charge is 2.32. The molecular formula is C18H21N3O4. The Kier molecular flexibility index (Phi) is 4.76. The van der Waals surface area contributed by atoms with E-state index in [0.29, 0.717) is 5.69 Å². The lowest BCUT2D eigenvalue weighted by Gasteiger charge is -2.35. The number of ether oxygens (including phenoxy) is 1. The van der Waals surface area contributed by atoms with E-state index in [0.717, 1.165) is 5.56 Å². The van der Waals surface area contributed by atoms with E-state index in [9.17, 15) is 14.7 Å². The third-order valence-corrected chi connectivity index (χ3v) is 4.12. The number of hydrogen-bond donors (Lipinski definition) is 2. The van der Waals surface area contributed by atoms with Gasteiger partial charge in [0, 0.05) is 12.1 Å². The van der Waals surface area contributed by atoms with E-state index in [1.54, 1.807) is 4.90 Å². The highest BCUT2D eigenvalue weighted by molar-refractivity contribution is 5.96. The van der Waals surface area contributed by atoms with Gasteiger partial charge in [-0.05, 0) is 19.4 Å². The van der Waals surface area contributed by atoms with Gasteiger partial charge in [0.05, 0.1) is 12.3 Å². The van der Waals surface area contributed by atoms with Crippen LogP contribution in [-0.4, -0.2) is 33.3 Å². The largest absolute Gasteiger partial charge is 0.482 e. The predicted molar refractivity (Wildman–Crippen MR) is 92.9 cm³/mol. The van der Waals surface area contributed by atoms with E-state index < -0.39 is 5.43 Å². The lowest BCUT2D eigenvalue weighted by Crippen LogP contribution is -2.50. The van der Waals surface area contributed by atoms with Gasteiger partial charge in [-0.3, -0.25) is 14.3 Å². The summed E-state index contributed by atoms with van der Waals surface area (Å²) in [5, 5.41) is 9.51. The van der Waals surface area contributed by atoms with Crippen molar-refractivity contribution in [3.63, 3.8) is 0 Å². The van der Waals surface area contributed by atoms with Crippen LogP contribution in [0.1, 0.15) is 35.6 Å². The summed E-state index contributed by atoms with van der Waals surface area (Å²) in [6.07, 6.45) is 0. The maximum atomic E-state index is 12.9. The highest BCUT2D eigenvalue weighted by Crippen LogP contribution is 2.22. The molecule has 2 N–H and O–H groups in total. The molecule has 0 bridgehead atoms. The third kappa shape index (κ3) is 3.23. The molecule has 0 saturated carbocycles.